The number of hydrogen-bond donors (Lipinski definition) is 1. The predicted molar refractivity (Wildman–Crippen MR) is 57.3 cm³/mol. The molecule has 2 rings (SSSR count). The second kappa shape index (κ2) is 3.70. The highest BCUT2D eigenvalue weighted by atomic mass is 16.6. The van der Waals surface area contributed by atoms with E-state index in [1.807, 2.05) is 13.8 Å². The average molecular weight is 222 g/mol. The maximum Gasteiger partial charge on any atom is 0.348 e. The molecule has 1 heterocycles. The zero-order valence-corrected chi connectivity index (χ0v) is 9.27. The number of carbonyl (C=O) groups is 1. The molecule has 1 aromatic rings. The van der Waals surface area contributed by atoms with Crippen LogP contribution in [0.1, 0.15) is 13.8 Å². The summed E-state index contributed by atoms with van der Waals surface area (Å²) in [6, 6.07) is 6.28. The van der Waals surface area contributed by atoms with Gasteiger partial charge in [-0.05, 0) is 24.3 Å². The number of carbonyl (C=O) groups excluding carboxylic acids is 1. The summed E-state index contributed by atoms with van der Waals surface area (Å²) in [5.74, 6) is 0.383. The number of benzene rings is 1. The quantitative estimate of drug-likeness (QED) is 0.774. The van der Waals surface area contributed by atoms with Gasteiger partial charge in [-0.2, -0.15) is 0 Å². The van der Waals surface area contributed by atoms with E-state index in [0.717, 1.165) is 0 Å². The van der Waals surface area contributed by atoms with Gasteiger partial charge >= 0.3 is 5.97 Å². The monoisotopic (exact) mass is 222 g/mol. The van der Waals surface area contributed by atoms with E-state index in [-0.39, 0.29) is 17.1 Å². The topological polar surface area (TPSA) is 55.8 Å². The Morgan fingerprint density at radius 1 is 1.38 bits per heavy atom. The fourth-order valence-electron chi connectivity index (χ4n) is 1.60. The van der Waals surface area contributed by atoms with Crippen molar-refractivity contribution in [3.63, 3.8) is 0 Å². The molecule has 1 aliphatic heterocycles. The Labute approximate surface area is 93.8 Å². The zero-order chi connectivity index (χ0) is 11.8. The highest BCUT2D eigenvalue weighted by molar-refractivity contribution is 5.78. The lowest BCUT2D eigenvalue weighted by Gasteiger charge is -2.22. The van der Waals surface area contributed by atoms with E-state index >= 15 is 0 Å². The number of hydrogen-bond acceptors (Lipinski definition) is 4. The number of phenolic OH excluding ortho intramolecular Hbond substituents is 1. The van der Waals surface area contributed by atoms with Gasteiger partial charge in [-0.25, -0.2) is 4.79 Å². The molecule has 1 atom stereocenters. The van der Waals surface area contributed by atoms with E-state index < -0.39 is 6.10 Å². The molecule has 0 radical (unpaired) electrons. The Kier molecular flexibility index (Phi) is 2.50. The zero-order valence-electron chi connectivity index (χ0n) is 9.27. The van der Waals surface area contributed by atoms with E-state index in [0.29, 0.717) is 12.4 Å². The molecule has 0 saturated carbocycles. The number of cyclic esters (lactones) is 1. The molecule has 0 aliphatic carbocycles. The molecule has 1 unspecified atom stereocenters. The molecule has 4 heteroatoms. The lowest BCUT2D eigenvalue weighted by atomic mass is 9.90. The van der Waals surface area contributed by atoms with Crippen LogP contribution in [-0.2, 0) is 9.53 Å². The summed E-state index contributed by atoms with van der Waals surface area (Å²) in [5, 5.41) is 9.13. The first-order valence-corrected chi connectivity index (χ1v) is 5.11. The van der Waals surface area contributed by atoms with E-state index in [4.69, 9.17) is 14.6 Å². The van der Waals surface area contributed by atoms with Crippen LogP contribution in [0.4, 0.5) is 0 Å². The van der Waals surface area contributed by atoms with Crippen LogP contribution in [0.3, 0.4) is 0 Å². The molecule has 0 spiro atoms. The smallest absolute Gasteiger partial charge is 0.348 e. The lowest BCUT2D eigenvalue weighted by Crippen LogP contribution is -2.35. The van der Waals surface area contributed by atoms with Crippen LogP contribution in [-0.4, -0.2) is 23.8 Å². The Bertz CT molecular complexity index is 394. The van der Waals surface area contributed by atoms with E-state index in [2.05, 4.69) is 0 Å². The van der Waals surface area contributed by atoms with Crippen LogP contribution < -0.4 is 4.74 Å². The van der Waals surface area contributed by atoms with Crippen LogP contribution >= 0.6 is 0 Å². The van der Waals surface area contributed by atoms with Crippen molar-refractivity contribution in [1.29, 1.82) is 0 Å². The summed E-state index contributed by atoms with van der Waals surface area (Å²) in [5.41, 5.74) is -0.324. The molecule has 0 aromatic heterocycles. The minimum atomic E-state index is -0.586. The summed E-state index contributed by atoms with van der Waals surface area (Å²) in [6.07, 6.45) is -0.586. The SMILES string of the molecule is CC1(C)COC(=O)C1Oc1ccc(O)cc1. The Balaban J connectivity index is 2.15. The Hall–Kier alpha value is -1.71. The third-order valence-corrected chi connectivity index (χ3v) is 2.60. The normalized spacial score (nSPS) is 22.9. The van der Waals surface area contributed by atoms with Crippen molar-refractivity contribution in [2.45, 2.75) is 20.0 Å². The molecule has 86 valence electrons. The number of rotatable bonds is 2. The van der Waals surface area contributed by atoms with E-state index in [1.165, 1.54) is 12.1 Å². The molecular formula is C12H14O4. The fraction of sp³-hybridized carbons (Fsp3) is 0.417. The third kappa shape index (κ3) is 1.96. The summed E-state index contributed by atoms with van der Waals surface area (Å²) >= 11 is 0. The number of phenols is 1. The van der Waals surface area contributed by atoms with Crippen molar-refractivity contribution < 1.29 is 19.4 Å². The molecule has 1 aliphatic rings. The van der Waals surface area contributed by atoms with Gasteiger partial charge in [0.1, 0.15) is 18.1 Å². The predicted octanol–water partition coefficient (Wildman–Crippen LogP) is 1.72. The molecule has 1 aromatic carbocycles. The highest BCUT2D eigenvalue weighted by Crippen LogP contribution is 2.32. The average Bonchev–Trinajstić information content (AvgIpc) is 2.48. The standard InChI is InChI=1S/C12H14O4/c1-12(2)7-15-11(14)10(12)16-9-5-3-8(13)4-6-9/h3-6,10,13H,7H2,1-2H3. The summed E-state index contributed by atoms with van der Waals surface area (Å²) in [4.78, 5) is 11.5. The minimum Gasteiger partial charge on any atom is -0.508 e. The van der Waals surface area contributed by atoms with Gasteiger partial charge in [0.2, 0.25) is 6.10 Å². The first-order valence-electron chi connectivity index (χ1n) is 5.11. The van der Waals surface area contributed by atoms with Crippen molar-refractivity contribution in [1.82, 2.24) is 0 Å². The first-order chi connectivity index (χ1) is 7.49. The van der Waals surface area contributed by atoms with Crippen molar-refractivity contribution in [3.05, 3.63) is 24.3 Å². The van der Waals surface area contributed by atoms with E-state index in [1.54, 1.807) is 12.1 Å². The fourth-order valence-corrected chi connectivity index (χ4v) is 1.60. The minimum absolute atomic E-state index is 0.167. The van der Waals surface area contributed by atoms with Crippen LogP contribution in [0.25, 0.3) is 0 Å². The molecule has 16 heavy (non-hydrogen) atoms. The van der Waals surface area contributed by atoms with Gasteiger partial charge in [0.05, 0.1) is 0 Å². The van der Waals surface area contributed by atoms with Gasteiger partial charge in [-0.1, -0.05) is 13.8 Å². The van der Waals surface area contributed by atoms with Gasteiger partial charge < -0.3 is 14.6 Å². The second-order valence-corrected chi connectivity index (χ2v) is 4.59. The maximum atomic E-state index is 11.5. The number of aromatic hydroxyl groups is 1. The van der Waals surface area contributed by atoms with Crippen LogP contribution in [0, 0.1) is 5.41 Å². The van der Waals surface area contributed by atoms with Gasteiger partial charge in [0.15, 0.2) is 0 Å². The van der Waals surface area contributed by atoms with Crippen LogP contribution in [0.2, 0.25) is 0 Å². The van der Waals surface area contributed by atoms with Crippen molar-refractivity contribution in [3.8, 4) is 11.5 Å². The van der Waals surface area contributed by atoms with Crippen molar-refractivity contribution in [2.24, 2.45) is 5.41 Å². The molecule has 1 saturated heterocycles. The van der Waals surface area contributed by atoms with Gasteiger partial charge in [0, 0.05) is 5.41 Å². The highest BCUT2D eigenvalue weighted by Gasteiger charge is 2.45. The van der Waals surface area contributed by atoms with E-state index in [9.17, 15) is 4.79 Å². The van der Waals surface area contributed by atoms with Crippen LogP contribution in [0.5, 0.6) is 11.5 Å². The number of ether oxygens (including phenoxy) is 2. The lowest BCUT2D eigenvalue weighted by molar-refractivity contribution is -0.143. The molecule has 4 nitrogen and oxygen atoms in total. The van der Waals surface area contributed by atoms with Crippen LogP contribution in [0.15, 0.2) is 24.3 Å². The van der Waals surface area contributed by atoms with Crippen molar-refractivity contribution in [2.75, 3.05) is 6.61 Å². The summed E-state index contributed by atoms with van der Waals surface area (Å²) < 4.78 is 10.5. The molecule has 0 amide bonds. The van der Waals surface area contributed by atoms with Gasteiger partial charge in [-0.3, -0.25) is 0 Å². The summed E-state index contributed by atoms with van der Waals surface area (Å²) in [6.45, 7) is 4.21. The molecule has 1 N–H and O–H groups in total. The largest absolute Gasteiger partial charge is 0.508 e. The number of esters is 1. The first kappa shape index (κ1) is 10.8. The second-order valence-electron chi connectivity index (χ2n) is 4.59. The summed E-state index contributed by atoms with van der Waals surface area (Å²) in [7, 11) is 0. The maximum absolute atomic E-state index is 11.5. The van der Waals surface area contributed by atoms with Gasteiger partial charge in [-0.15, -0.1) is 0 Å². The third-order valence-electron chi connectivity index (χ3n) is 2.60. The molecule has 0 bridgehead atoms. The Morgan fingerprint density at radius 2 is 2.00 bits per heavy atom. The van der Waals surface area contributed by atoms with Gasteiger partial charge in [0.25, 0.3) is 0 Å². The Morgan fingerprint density at radius 3 is 2.50 bits per heavy atom. The molecule has 1 fully saturated rings. The van der Waals surface area contributed by atoms with Crippen molar-refractivity contribution >= 4 is 5.97 Å². The molecular weight excluding hydrogens is 208 g/mol.